The number of benzene rings is 1. The number of anilines is 2. The molecule has 21 heavy (non-hydrogen) atoms. The van der Waals surface area contributed by atoms with Crippen molar-refractivity contribution >= 4 is 29.0 Å². The fourth-order valence-corrected chi connectivity index (χ4v) is 3.53. The molecule has 1 aliphatic heterocycles. The molecule has 1 amide bonds. The number of nitrogen functional groups attached to an aromatic ring is 1. The van der Waals surface area contributed by atoms with Crippen LogP contribution in [0.4, 0.5) is 11.4 Å². The van der Waals surface area contributed by atoms with E-state index in [4.69, 9.17) is 5.73 Å². The van der Waals surface area contributed by atoms with Gasteiger partial charge in [-0.25, -0.2) is 0 Å². The Kier molecular flexibility index (Phi) is 5.79. The van der Waals surface area contributed by atoms with Crippen LogP contribution in [0, 0.1) is 0 Å². The van der Waals surface area contributed by atoms with Crippen molar-refractivity contribution in [2.24, 2.45) is 0 Å². The van der Waals surface area contributed by atoms with Crippen LogP contribution >= 0.6 is 11.8 Å². The molecule has 1 heterocycles. The zero-order chi connectivity index (χ0) is 15.2. The maximum Gasteiger partial charge on any atom is 0.242 e. The smallest absolute Gasteiger partial charge is 0.242 e. The van der Waals surface area contributed by atoms with Crippen molar-refractivity contribution in [2.75, 3.05) is 29.5 Å². The van der Waals surface area contributed by atoms with Crippen molar-refractivity contribution in [3.8, 4) is 0 Å². The van der Waals surface area contributed by atoms with Crippen molar-refractivity contribution < 1.29 is 4.79 Å². The molecule has 0 saturated carbocycles. The third-order valence-electron chi connectivity index (χ3n) is 3.81. The number of rotatable bonds is 6. The molecule has 0 saturated heterocycles. The molecule has 5 heteroatoms. The maximum absolute atomic E-state index is 12.3. The van der Waals surface area contributed by atoms with Crippen molar-refractivity contribution in [3.05, 3.63) is 18.2 Å². The summed E-state index contributed by atoms with van der Waals surface area (Å²) in [5.74, 6) is 1.11. The SMILES string of the molecule is CCCCCNC(=O)C(C)N1CCSc2ccc(N)cc21. The summed E-state index contributed by atoms with van der Waals surface area (Å²) in [6.45, 7) is 5.78. The molecular weight excluding hydrogens is 282 g/mol. The molecule has 0 radical (unpaired) electrons. The Morgan fingerprint density at radius 3 is 3.05 bits per heavy atom. The number of fused-ring (bicyclic) bond motifs is 1. The summed E-state index contributed by atoms with van der Waals surface area (Å²) in [5.41, 5.74) is 7.73. The second-order valence-electron chi connectivity index (χ2n) is 5.44. The van der Waals surface area contributed by atoms with Crippen LogP contribution in [-0.4, -0.2) is 30.8 Å². The fraction of sp³-hybridized carbons (Fsp3) is 0.562. The summed E-state index contributed by atoms with van der Waals surface area (Å²) >= 11 is 1.83. The van der Waals surface area contributed by atoms with Crippen molar-refractivity contribution in [2.45, 2.75) is 44.0 Å². The number of nitrogens with two attached hydrogens (primary N) is 1. The largest absolute Gasteiger partial charge is 0.399 e. The van der Waals surface area contributed by atoms with Crippen LogP contribution in [0.25, 0.3) is 0 Å². The first-order chi connectivity index (χ1) is 10.1. The number of carbonyl (C=O) groups excluding carboxylic acids is 1. The molecule has 2 rings (SSSR count). The molecule has 116 valence electrons. The lowest BCUT2D eigenvalue weighted by Crippen LogP contribution is -2.47. The minimum atomic E-state index is -0.159. The third kappa shape index (κ3) is 4.06. The van der Waals surface area contributed by atoms with Crippen LogP contribution in [0.2, 0.25) is 0 Å². The summed E-state index contributed by atoms with van der Waals surface area (Å²) in [6.07, 6.45) is 3.38. The lowest BCUT2D eigenvalue weighted by atomic mass is 10.2. The van der Waals surface area contributed by atoms with Gasteiger partial charge in [0, 0.05) is 29.4 Å². The number of carbonyl (C=O) groups is 1. The number of hydrogen-bond donors (Lipinski definition) is 2. The van der Waals surface area contributed by atoms with Gasteiger partial charge in [0.15, 0.2) is 0 Å². The highest BCUT2D eigenvalue weighted by atomic mass is 32.2. The Bertz CT molecular complexity index is 492. The summed E-state index contributed by atoms with van der Waals surface area (Å²) in [7, 11) is 0. The zero-order valence-electron chi connectivity index (χ0n) is 12.9. The fourth-order valence-electron chi connectivity index (χ4n) is 2.53. The second-order valence-corrected chi connectivity index (χ2v) is 6.58. The first-order valence-electron chi connectivity index (χ1n) is 7.70. The maximum atomic E-state index is 12.3. The minimum absolute atomic E-state index is 0.103. The van der Waals surface area contributed by atoms with Gasteiger partial charge in [-0.3, -0.25) is 4.79 Å². The van der Waals surface area contributed by atoms with Crippen LogP contribution in [0.1, 0.15) is 33.1 Å². The van der Waals surface area contributed by atoms with Crippen molar-refractivity contribution in [3.63, 3.8) is 0 Å². The molecule has 1 aromatic carbocycles. The van der Waals surface area contributed by atoms with Crippen LogP contribution in [-0.2, 0) is 4.79 Å². The molecule has 4 nitrogen and oxygen atoms in total. The van der Waals surface area contributed by atoms with E-state index in [1.165, 1.54) is 11.3 Å². The van der Waals surface area contributed by atoms with E-state index >= 15 is 0 Å². The Labute approximate surface area is 131 Å². The Hall–Kier alpha value is -1.36. The number of nitrogens with zero attached hydrogens (tertiary/aromatic N) is 1. The monoisotopic (exact) mass is 307 g/mol. The van der Waals surface area contributed by atoms with Crippen molar-refractivity contribution in [1.82, 2.24) is 5.32 Å². The summed E-state index contributed by atoms with van der Waals surface area (Å²) in [6, 6.07) is 5.79. The van der Waals surface area contributed by atoms with Crippen molar-refractivity contribution in [1.29, 1.82) is 0 Å². The first-order valence-corrected chi connectivity index (χ1v) is 8.68. The minimum Gasteiger partial charge on any atom is -0.399 e. The Morgan fingerprint density at radius 1 is 1.48 bits per heavy atom. The van der Waals surface area contributed by atoms with Gasteiger partial charge in [0.05, 0.1) is 5.69 Å². The average molecular weight is 307 g/mol. The van der Waals surface area contributed by atoms with Gasteiger partial charge in [-0.15, -0.1) is 11.8 Å². The van der Waals surface area contributed by atoms with E-state index in [9.17, 15) is 4.79 Å². The van der Waals surface area contributed by atoms with E-state index in [1.807, 2.05) is 36.9 Å². The Morgan fingerprint density at radius 2 is 2.29 bits per heavy atom. The topological polar surface area (TPSA) is 58.4 Å². The summed E-state index contributed by atoms with van der Waals surface area (Å²) in [4.78, 5) is 15.7. The van der Waals surface area contributed by atoms with Crippen LogP contribution in [0.15, 0.2) is 23.1 Å². The standard InChI is InChI=1S/C16H25N3OS/c1-3-4-5-8-18-16(20)12(2)19-9-10-21-15-7-6-13(17)11-14(15)19/h6-7,11-12H,3-5,8-10,17H2,1-2H3,(H,18,20). The number of unbranched alkanes of at least 4 members (excludes halogenated alkanes) is 2. The number of thioether (sulfide) groups is 1. The van der Waals surface area contributed by atoms with E-state index < -0.39 is 0 Å². The summed E-state index contributed by atoms with van der Waals surface area (Å²) in [5, 5.41) is 3.04. The van der Waals surface area contributed by atoms with E-state index in [0.717, 1.165) is 43.1 Å². The quantitative estimate of drug-likeness (QED) is 0.627. The summed E-state index contributed by atoms with van der Waals surface area (Å²) < 4.78 is 0. The van der Waals surface area contributed by atoms with E-state index in [1.54, 1.807) is 0 Å². The molecule has 0 aliphatic carbocycles. The van der Waals surface area contributed by atoms with Gasteiger partial charge in [-0.05, 0) is 31.5 Å². The predicted molar refractivity (Wildman–Crippen MR) is 90.9 cm³/mol. The molecular formula is C16H25N3OS. The number of amides is 1. The molecule has 1 aliphatic rings. The van der Waals surface area contributed by atoms with Gasteiger partial charge in [-0.2, -0.15) is 0 Å². The molecule has 0 fully saturated rings. The van der Waals surface area contributed by atoms with Gasteiger partial charge in [0.2, 0.25) is 5.91 Å². The zero-order valence-corrected chi connectivity index (χ0v) is 13.7. The highest BCUT2D eigenvalue weighted by Gasteiger charge is 2.26. The van der Waals surface area contributed by atoms with Crippen LogP contribution in [0.5, 0.6) is 0 Å². The molecule has 1 aromatic rings. The number of nitrogens with one attached hydrogen (secondary N) is 1. The van der Waals surface area contributed by atoms with Gasteiger partial charge < -0.3 is 16.0 Å². The Balaban J connectivity index is 2.01. The lowest BCUT2D eigenvalue weighted by Gasteiger charge is -2.35. The van der Waals surface area contributed by atoms with Crippen LogP contribution < -0.4 is 16.0 Å². The molecule has 3 N–H and O–H groups in total. The predicted octanol–water partition coefficient (Wildman–Crippen LogP) is 2.88. The molecule has 0 spiro atoms. The number of hydrogen-bond acceptors (Lipinski definition) is 4. The third-order valence-corrected chi connectivity index (χ3v) is 4.85. The first kappa shape index (κ1) is 16.0. The lowest BCUT2D eigenvalue weighted by molar-refractivity contribution is -0.122. The molecule has 1 atom stereocenters. The van der Waals surface area contributed by atoms with Gasteiger partial charge >= 0.3 is 0 Å². The highest BCUT2D eigenvalue weighted by molar-refractivity contribution is 7.99. The molecule has 0 bridgehead atoms. The molecule has 0 aromatic heterocycles. The van der Waals surface area contributed by atoms with Gasteiger partial charge in [-0.1, -0.05) is 19.8 Å². The van der Waals surface area contributed by atoms with E-state index in [2.05, 4.69) is 17.1 Å². The van der Waals surface area contributed by atoms with E-state index in [0.29, 0.717) is 0 Å². The van der Waals surface area contributed by atoms with Crippen LogP contribution in [0.3, 0.4) is 0 Å². The average Bonchev–Trinajstić information content (AvgIpc) is 2.50. The highest BCUT2D eigenvalue weighted by Crippen LogP contribution is 2.37. The van der Waals surface area contributed by atoms with E-state index in [-0.39, 0.29) is 11.9 Å². The second kappa shape index (κ2) is 7.59. The van der Waals surface area contributed by atoms with Gasteiger partial charge in [0.25, 0.3) is 0 Å². The normalized spacial score (nSPS) is 15.4. The van der Waals surface area contributed by atoms with Gasteiger partial charge in [0.1, 0.15) is 6.04 Å². The molecule has 1 unspecified atom stereocenters.